The van der Waals surface area contributed by atoms with Crippen LogP contribution in [0, 0.1) is 0 Å². The van der Waals surface area contributed by atoms with Crippen LogP contribution in [0.15, 0.2) is 54.7 Å². The Bertz CT molecular complexity index is 766. The van der Waals surface area contributed by atoms with Gasteiger partial charge in [0.2, 0.25) is 0 Å². The van der Waals surface area contributed by atoms with Crippen LogP contribution < -0.4 is 14.8 Å². The molecule has 1 heterocycles. The number of benzene rings is 2. The van der Waals surface area contributed by atoms with Crippen molar-refractivity contribution in [1.29, 1.82) is 0 Å². The molecule has 0 amide bonds. The molecular formula is C17H16N2O2. The number of hydrogen-bond acceptors (Lipinski definition) is 4. The second-order valence-electron chi connectivity index (χ2n) is 4.57. The molecule has 21 heavy (non-hydrogen) atoms. The monoisotopic (exact) mass is 280 g/mol. The lowest BCUT2D eigenvalue weighted by molar-refractivity contribution is 0.405. The molecule has 0 saturated heterocycles. The number of pyridine rings is 1. The first-order valence-electron chi connectivity index (χ1n) is 6.64. The molecule has 4 nitrogen and oxygen atoms in total. The number of para-hydroxylation sites is 1. The van der Waals surface area contributed by atoms with Crippen LogP contribution in [0.3, 0.4) is 0 Å². The average Bonchev–Trinajstić information content (AvgIpc) is 2.55. The van der Waals surface area contributed by atoms with Gasteiger partial charge in [-0.2, -0.15) is 0 Å². The van der Waals surface area contributed by atoms with Gasteiger partial charge in [0.05, 0.1) is 25.4 Å². The summed E-state index contributed by atoms with van der Waals surface area (Å²) in [5.74, 6) is 1.54. The standard InChI is InChI=1S/C17H16N2O2/c1-20-12-7-8-17(21-2)16(11-12)19-15-9-10-18-14-6-4-3-5-13(14)15/h3-11H,1-2H3,(H,18,19). The SMILES string of the molecule is COc1ccc(OC)c(Nc2ccnc3ccccc23)c1. The van der Waals surface area contributed by atoms with Gasteiger partial charge in [0.1, 0.15) is 11.5 Å². The third-order valence-electron chi connectivity index (χ3n) is 3.33. The Labute approximate surface area is 123 Å². The van der Waals surface area contributed by atoms with Crippen LogP contribution in [-0.2, 0) is 0 Å². The van der Waals surface area contributed by atoms with Crippen LogP contribution in [0.5, 0.6) is 11.5 Å². The van der Waals surface area contributed by atoms with Crippen molar-refractivity contribution in [3.8, 4) is 11.5 Å². The highest BCUT2D eigenvalue weighted by molar-refractivity contribution is 5.93. The van der Waals surface area contributed by atoms with Crippen molar-refractivity contribution >= 4 is 22.3 Å². The van der Waals surface area contributed by atoms with Gasteiger partial charge in [0, 0.05) is 23.3 Å². The maximum Gasteiger partial charge on any atom is 0.142 e. The van der Waals surface area contributed by atoms with Gasteiger partial charge in [-0.15, -0.1) is 0 Å². The molecule has 0 atom stereocenters. The molecular weight excluding hydrogens is 264 g/mol. The smallest absolute Gasteiger partial charge is 0.142 e. The lowest BCUT2D eigenvalue weighted by Gasteiger charge is -2.14. The number of hydrogen-bond donors (Lipinski definition) is 1. The number of nitrogens with one attached hydrogen (secondary N) is 1. The molecule has 0 saturated carbocycles. The highest BCUT2D eigenvalue weighted by atomic mass is 16.5. The Morgan fingerprint density at radius 2 is 1.76 bits per heavy atom. The van der Waals surface area contributed by atoms with Crippen LogP contribution >= 0.6 is 0 Å². The second-order valence-corrected chi connectivity index (χ2v) is 4.57. The van der Waals surface area contributed by atoms with Crippen LogP contribution in [0.25, 0.3) is 10.9 Å². The summed E-state index contributed by atoms with van der Waals surface area (Å²) >= 11 is 0. The number of fused-ring (bicyclic) bond motifs is 1. The molecule has 0 radical (unpaired) electrons. The van der Waals surface area contributed by atoms with Gasteiger partial charge in [-0.3, -0.25) is 4.98 Å². The maximum atomic E-state index is 5.40. The van der Waals surface area contributed by atoms with Crippen molar-refractivity contribution in [3.05, 3.63) is 54.7 Å². The van der Waals surface area contributed by atoms with E-state index in [0.29, 0.717) is 0 Å². The zero-order valence-electron chi connectivity index (χ0n) is 12.0. The first kappa shape index (κ1) is 13.2. The Morgan fingerprint density at radius 3 is 2.57 bits per heavy atom. The van der Waals surface area contributed by atoms with E-state index in [9.17, 15) is 0 Å². The van der Waals surface area contributed by atoms with Crippen molar-refractivity contribution < 1.29 is 9.47 Å². The predicted octanol–water partition coefficient (Wildman–Crippen LogP) is 4.00. The number of ether oxygens (including phenoxy) is 2. The summed E-state index contributed by atoms with van der Waals surface area (Å²) in [6, 6.07) is 15.6. The first-order valence-corrected chi connectivity index (χ1v) is 6.64. The second kappa shape index (κ2) is 5.71. The first-order chi connectivity index (χ1) is 10.3. The quantitative estimate of drug-likeness (QED) is 0.784. The molecule has 3 rings (SSSR count). The molecule has 0 bridgehead atoms. The minimum atomic E-state index is 0.761. The van der Waals surface area contributed by atoms with E-state index in [1.165, 1.54) is 0 Å². The molecule has 0 aliphatic carbocycles. The fourth-order valence-corrected chi connectivity index (χ4v) is 2.26. The zero-order chi connectivity index (χ0) is 14.7. The molecule has 1 aromatic heterocycles. The van der Waals surface area contributed by atoms with Crippen LogP contribution in [0.4, 0.5) is 11.4 Å². The van der Waals surface area contributed by atoms with Gasteiger partial charge >= 0.3 is 0 Å². The highest BCUT2D eigenvalue weighted by Gasteiger charge is 2.07. The van der Waals surface area contributed by atoms with Crippen molar-refractivity contribution in [2.24, 2.45) is 0 Å². The topological polar surface area (TPSA) is 43.4 Å². The van der Waals surface area contributed by atoms with Gasteiger partial charge in [-0.25, -0.2) is 0 Å². The summed E-state index contributed by atoms with van der Waals surface area (Å²) in [5.41, 5.74) is 2.78. The summed E-state index contributed by atoms with van der Waals surface area (Å²) < 4.78 is 10.7. The van der Waals surface area contributed by atoms with Crippen LogP contribution in [0.1, 0.15) is 0 Å². The Morgan fingerprint density at radius 1 is 0.905 bits per heavy atom. The fraction of sp³-hybridized carbons (Fsp3) is 0.118. The summed E-state index contributed by atoms with van der Waals surface area (Å²) in [4.78, 5) is 4.36. The molecule has 4 heteroatoms. The molecule has 2 aromatic carbocycles. The van der Waals surface area contributed by atoms with E-state index in [-0.39, 0.29) is 0 Å². The van der Waals surface area contributed by atoms with Crippen LogP contribution in [-0.4, -0.2) is 19.2 Å². The number of aromatic nitrogens is 1. The van der Waals surface area contributed by atoms with E-state index in [4.69, 9.17) is 9.47 Å². The Kier molecular flexibility index (Phi) is 3.60. The van der Waals surface area contributed by atoms with E-state index in [1.54, 1.807) is 20.4 Å². The van der Waals surface area contributed by atoms with Gasteiger partial charge in [0.25, 0.3) is 0 Å². The summed E-state index contributed by atoms with van der Waals surface area (Å²) in [7, 11) is 3.30. The number of anilines is 2. The highest BCUT2D eigenvalue weighted by Crippen LogP contribution is 2.33. The van der Waals surface area contributed by atoms with E-state index >= 15 is 0 Å². The molecule has 0 aliphatic rings. The number of rotatable bonds is 4. The Balaban J connectivity index is 2.06. The van der Waals surface area contributed by atoms with Gasteiger partial charge in [0.15, 0.2) is 0 Å². The third kappa shape index (κ3) is 2.60. The summed E-state index contributed by atoms with van der Waals surface area (Å²) in [6.45, 7) is 0. The van der Waals surface area contributed by atoms with Gasteiger partial charge in [-0.1, -0.05) is 18.2 Å². The zero-order valence-corrected chi connectivity index (χ0v) is 12.0. The summed E-state index contributed by atoms with van der Waals surface area (Å²) in [5, 5.41) is 4.46. The van der Waals surface area contributed by atoms with Crippen molar-refractivity contribution in [2.75, 3.05) is 19.5 Å². The third-order valence-corrected chi connectivity index (χ3v) is 3.33. The molecule has 3 aromatic rings. The maximum absolute atomic E-state index is 5.40. The van der Waals surface area contributed by atoms with E-state index < -0.39 is 0 Å². The largest absolute Gasteiger partial charge is 0.497 e. The predicted molar refractivity (Wildman–Crippen MR) is 84.6 cm³/mol. The van der Waals surface area contributed by atoms with Crippen molar-refractivity contribution in [3.63, 3.8) is 0 Å². The van der Waals surface area contributed by atoms with Gasteiger partial charge in [-0.05, 0) is 24.3 Å². The summed E-state index contributed by atoms with van der Waals surface area (Å²) in [6.07, 6.45) is 1.79. The van der Waals surface area contributed by atoms with Crippen LogP contribution in [0.2, 0.25) is 0 Å². The lowest BCUT2D eigenvalue weighted by Crippen LogP contribution is -1.97. The normalized spacial score (nSPS) is 10.4. The average molecular weight is 280 g/mol. The number of methoxy groups -OCH3 is 2. The van der Waals surface area contributed by atoms with E-state index in [1.807, 2.05) is 48.5 Å². The Hall–Kier alpha value is -2.75. The minimum Gasteiger partial charge on any atom is -0.497 e. The van der Waals surface area contributed by atoms with Gasteiger partial charge < -0.3 is 14.8 Å². The minimum absolute atomic E-state index is 0.761. The molecule has 0 aliphatic heterocycles. The van der Waals surface area contributed by atoms with Crippen molar-refractivity contribution in [1.82, 2.24) is 4.98 Å². The van der Waals surface area contributed by atoms with E-state index in [0.717, 1.165) is 33.8 Å². The lowest BCUT2D eigenvalue weighted by atomic mass is 10.1. The molecule has 106 valence electrons. The molecule has 0 unspecified atom stereocenters. The van der Waals surface area contributed by atoms with E-state index in [2.05, 4.69) is 10.3 Å². The molecule has 1 N–H and O–H groups in total. The fourth-order valence-electron chi connectivity index (χ4n) is 2.26. The number of nitrogens with zero attached hydrogens (tertiary/aromatic N) is 1. The molecule has 0 fully saturated rings. The van der Waals surface area contributed by atoms with Crippen molar-refractivity contribution in [2.45, 2.75) is 0 Å². The molecule has 0 spiro atoms.